The summed E-state index contributed by atoms with van der Waals surface area (Å²) in [5.41, 5.74) is 4.03. The fourth-order valence-corrected chi connectivity index (χ4v) is 6.01. The molecule has 0 aromatic heterocycles. The van der Waals surface area contributed by atoms with E-state index in [0.717, 1.165) is 11.1 Å². The molecular formula is C30H22O6. The van der Waals surface area contributed by atoms with Gasteiger partial charge in [-0.3, -0.25) is 9.59 Å². The van der Waals surface area contributed by atoms with E-state index in [2.05, 4.69) is 0 Å². The van der Waals surface area contributed by atoms with Gasteiger partial charge >= 0.3 is 0 Å². The molecule has 0 unspecified atom stereocenters. The van der Waals surface area contributed by atoms with Crippen molar-refractivity contribution < 1.29 is 30.0 Å². The molecule has 0 amide bonds. The number of phenols is 4. The van der Waals surface area contributed by atoms with Crippen LogP contribution in [0.25, 0.3) is 0 Å². The van der Waals surface area contributed by atoms with E-state index in [9.17, 15) is 30.0 Å². The van der Waals surface area contributed by atoms with Crippen molar-refractivity contribution in [3.63, 3.8) is 0 Å². The van der Waals surface area contributed by atoms with E-state index in [1.165, 1.54) is 24.3 Å². The molecule has 6 rings (SSSR count). The zero-order chi connectivity index (χ0) is 25.5. The second-order valence-corrected chi connectivity index (χ2v) is 9.59. The number of benzene rings is 4. The van der Waals surface area contributed by atoms with Gasteiger partial charge in [-0.2, -0.15) is 0 Å². The number of aryl methyl sites for hydroxylation is 2. The van der Waals surface area contributed by atoms with Gasteiger partial charge in [-0.15, -0.1) is 0 Å². The fourth-order valence-electron chi connectivity index (χ4n) is 6.01. The van der Waals surface area contributed by atoms with Crippen LogP contribution in [0.5, 0.6) is 23.0 Å². The third kappa shape index (κ3) is 2.84. The van der Waals surface area contributed by atoms with Gasteiger partial charge in [0, 0.05) is 11.8 Å². The van der Waals surface area contributed by atoms with Crippen molar-refractivity contribution in [2.24, 2.45) is 0 Å². The number of carbonyl (C=O) groups excluding carboxylic acids is 2. The van der Waals surface area contributed by atoms with E-state index >= 15 is 0 Å². The Morgan fingerprint density at radius 1 is 0.500 bits per heavy atom. The van der Waals surface area contributed by atoms with Crippen molar-refractivity contribution in [1.29, 1.82) is 0 Å². The highest BCUT2D eigenvalue weighted by Gasteiger charge is 2.45. The largest absolute Gasteiger partial charge is 0.507 e. The Hall–Kier alpha value is -4.58. The Bertz CT molecular complexity index is 1530. The van der Waals surface area contributed by atoms with Crippen LogP contribution in [0.3, 0.4) is 0 Å². The predicted molar refractivity (Wildman–Crippen MR) is 132 cm³/mol. The molecule has 0 fully saturated rings. The molecule has 0 heterocycles. The first-order chi connectivity index (χ1) is 17.2. The number of hydrogen-bond donors (Lipinski definition) is 4. The number of fused-ring (bicyclic) bond motifs is 4. The molecule has 2 aliphatic carbocycles. The van der Waals surface area contributed by atoms with E-state index in [1.807, 2.05) is 26.0 Å². The lowest BCUT2D eigenvalue weighted by Crippen LogP contribution is -2.29. The lowest BCUT2D eigenvalue weighted by atomic mass is 9.63. The van der Waals surface area contributed by atoms with Gasteiger partial charge in [0.1, 0.15) is 23.0 Å². The van der Waals surface area contributed by atoms with E-state index in [1.54, 1.807) is 24.3 Å². The van der Waals surface area contributed by atoms with Crippen molar-refractivity contribution in [2.75, 3.05) is 0 Å². The van der Waals surface area contributed by atoms with Crippen molar-refractivity contribution in [3.8, 4) is 23.0 Å². The van der Waals surface area contributed by atoms with Gasteiger partial charge in [0.2, 0.25) is 11.6 Å². The smallest absolute Gasteiger partial charge is 0.201 e. The van der Waals surface area contributed by atoms with Crippen LogP contribution in [0, 0.1) is 13.8 Å². The minimum atomic E-state index is -0.612. The summed E-state index contributed by atoms with van der Waals surface area (Å²) in [4.78, 5) is 27.1. The third-order valence-electron chi connectivity index (χ3n) is 7.32. The van der Waals surface area contributed by atoms with Crippen LogP contribution in [0.1, 0.15) is 77.1 Å². The summed E-state index contributed by atoms with van der Waals surface area (Å²) in [6.45, 7) is 3.63. The maximum Gasteiger partial charge on any atom is 0.201 e. The Kier molecular flexibility index (Phi) is 4.54. The second-order valence-electron chi connectivity index (χ2n) is 9.59. The van der Waals surface area contributed by atoms with Crippen LogP contribution in [0.15, 0.2) is 60.7 Å². The molecule has 6 nitrogen and oxygen atoms in total. The first-order valence-corrected chi connectivity index (χ1v) is 11.6. The van der Waals surface area contributed by atoms with E-state index in [-0.39, 0.29) is 45.3 Å². The fraction of sp³-hybridized carbons (Fsp3) is 0.133. The molecule has 36 heavy (non-hydrogen) atoms. The predicted octanol–water partition coefficient (Wildman–Crippen LogP) is 5.18. The van der Waals surface area contributed by atoms with Crippen molar-refractivity contribution in [3.05, 3.63) is 116 Å². The van der Waals surface area contributed by atoms with Gasteiger partial charge in [0.25, 0.3) is 0 Å². The first-order valence-electron chi connectivity index (χ1n) is 11.6. The molecule has 0 spiro atoms. The zero-order valence-electron chi connectivity index (χ0n) is 19.5. The lowest BCUT2D eigenvalue weighted by molar-refractivity contribution is 0.101. The monoisotopic (exact) mass is 478 g/mol. The molecular weight excluding hydrogens is 456 g/mol. The summed E-state index contributed by atoms with van der Waals surface area (Å²) >= 11 is 0. The summed E-state index contributed by atoms with van der Waals surface area (Å²) in [7, 11) is 0. The highest BCUT2D eigenvalue weighted by Crippen LogP contribution is 2.55. The average Bonchev–Trinajstić information content (AvgIpc) is 2.79. The maximum absolute atomic E-state index is 13.5. The molecule has 0 saturated heterocycles. The van der Waals surface area contributed by atoms with Gasteiger partial charge in [-0.25, -0.2) is 0 Å². The molecule has 4 aromatic carbocycles. The Morgan fingerprint density at radius 3 is 1.25 bits per heavy atom. The highest BCUT2D eigenvalue weighted by molar-refractivity contribution is 6.18. The highest BCUT2D eigenvalue weighted by atomic mass is 16.3. The lowest BCUT2D eigenvalue weighted by Gasteiger charge is -2.38. The van der Waals surface area contributed by atoms with Gasteiger partial charge in [-0.05, 0) is 71.5 Å². The van der Waals surface area contributed by atoms with Crippen LogP contribution in [0.2, 0.25) is 0 Å². The molecule has 0 bridgehead atoms. The minimum absolute atomic E-state index is 0.0891. The first kappa shape index (κ1) is 21.9. The quantitative estimate of drug-likeness (QED) is 0.300. The van der Waals surface area contributed by atoms with Crippen LogP contribution >= 0.6 is 0 Å². The zero-order valence-corrected chi connectivity index (χ0v) is 19.5. The normalized spacial score (nSPS) is 17.7. The van der Waals surface area contributed by atoms with Crippen LogP contribution in [0.4, 0.5) is 0 Å². The Morgan fingerprint density at radius 2 is 0.861 bits per heavy atom. The van der Waals surface area contributed by atoms with Crippen LogP contribution < -0.4 is 0 Å². The molecule has 178 valence electrons. The van der Waals surface area contributed by atoms with E-state index in [4.69, 9.17) is 0 Å². The number of phenolic OH excluding ortho intramolecular Hbond substituents is 4. The number of ketones is 2. The van der Waals surface area contributed by atoms with Gasteiger partial charge in [0.15, 0.2) is 0 Å². The number of aromatic hydroxyl groups is 4. The van der Waals surface area contributed by atoms with Crippen molar-refractivity contribution >= 4 is 11.6 Å². The molecule has 6 heteroatoms. The minimum Gasteiger partial charge on any atom is -0.507 e. The average molecular weight is 479 g/mol. The summed E-state index contributed by atoms with van der Waals surface area (Å²) in [6, 6.07) is 16.4. The molecule has 0 radical (unpaired) electrons. The molecule has 2 atom stereocenters. The van der Waals surface area contributed by atoms with Gasteiger partial charge in [0.05, 0.1) is 22.3 Å². The number of rotatable bonds is 1. The Balaban J connectivity index is 1.78. The van der Waals surface area contributed by atoms with E-state index < -0.39 is 23.4 Å². The third-order valence-corrected chi connectivity index (χ3v) is 7.32. The summed E-state index contributed by atoms with van der Waals surface area (Å²) in [6.07, 6.45) is 0. The second kappa shape index (κ2) is 7.46. The molecule has 0 aliphatic heterocycles. The topological polar surface area (TPSA) is 115 Å². The Labute approximate surface area is 206 Å². The van der Waals surface area contributed by atoms with E-state index in [0.29, 0.717) is 22.3 Å². The SMILES string of the molecule is Cc1cc(O)c2c(c1)[C@H]([C@H]1c3cccc(O)c3C(=O)c3c(O)cc(C)cc31)c1cccc(O)c1C2=O. The number of hydrogen-bond acceptors (Lipinski definition) is 6. The summed E-state index contributed by atoms with van der Waals surface area (Å²) < 4.78 is 0. The number of carbonyl (C=O) groups is 2. The van der Waals surface area contributed by atoms with Crippen molar-refractivity contribution in [1.82, 2.24) is 0 Å². The van der Waals surface area contributed by atoms with Crippen LogP contribution in [-0.2, 0) is 0 Å². The standard InChI is InChI=1S/C30H22O6/c1-13-9-17-23(15-5-3-7-19(31)25(15)29(35)27(17)21(33)11-13)24-16-6-4-8-20(32)26(16)30(36)28-18(24)10-14(2)12-22(28)34/h3-12,23-24,31-34H,1-2H3/t23-,24+. The van der Waals surface area contributed by atoms with Gasteiger partial charge in [-0.1, -0.05) is 36.4 Å². The van der Waals surface area contributed by atoms with Gasteiger partial charge < -0.3 is 20.4 Å². The van der Waals surface area contributed by atoms with Crippen molar-refractivity contribution in [2.45, 2.75) is 25.7 Å². The molecule has 2 aliphatic rings. The molecule has 0 saturated carbocycles. The summed E-state index contributed by atoms with van der Waals surface area (Å²) in [5, 5.41) is 43.2. The molecule has 4 N–H and O–H groups in total. The van der Waals surface area contributed by atoms with Crippen LogP contribution in [-0.4, -0.2) is 32.0 Å². The maximum atomic E-state index is 13.5. The summed E-state index contributed by atoms with van der Waals surface area (Å²) in [5.74, 6) is -2.98. The molecule has 4 aromatic rings.